The number of amides is 1. The van der Waals surface area contributed by atoms with Crippen molar-refractivity contribution >= 4 is 5.91 Å². The Labute approximate surface area is 71.5 Å². The first-order valence-corrected chi connectivity index (χ1v) is 4.65. The maximum atomic E-state index is 11.3. The number of hydrogen-bond acceptors (Lipinski definition) is 2. The van der Waals surface area contributed by atoms with Crippen LogP contribution >= 0.6 is 0 Å². The van der Waals surface area contributed by atoms with Crippen LogP contribution in [0.5, 0.6) is 0 Å². The summed E-state index contributed by atoms with van der Waals surface area (Å²) in [6.45, 7) is 0. The number of carbonyl (C=O) groups is 1. The van der Waals surface area contributed by atoms with Crippen LogP contribution in [0, 0.1) is 16.2 Å². The standard InChI is InChI=1S/C9H13NO2/c11-8(10-12)9-4-1-7(2-5-9)3-6-9/h7H,1-6H2. The second-order valence-corrected chi connectivity index (χ2v) is 4.16. The zero-order valence-corrected chi connectivity index (χ0v) is 7.08. The molecule has 2 bridgehead atoms. The van der Waals surface area contributed by atoms with Crippen molar-refractivity contribution in [2.24, 2.45) is 16.5 Å². The van der Waals surface area contributed by atoms with Gasteiger partial charge in [0.2, 0.25) is 0 Å². The molecule has 3 saturated carbocycles. The van der Waals surface area contributed by atoms with E-state index in [9.17, 15) is 9.70 Å². The van der Waals surface area contributed by atoms with Crippen molar-refractivity contribution in [3.63, 3.8) is 0 Å². The molecule has 0 heterocycles. The Morgan fingerprint density at radius 3 is 2.08 bits per heavy atom. The highest BCUT2D eigenvalue weighted by Crippen LogP contribution is 2.50. The smallest absolute Gasteiger partial charge is 0.268 e. The molecule has 0 aromatic rings. The third kappa shape index (κ3) is 0.993. The van der Waals surface area contributed by atoms with Crippen LogP contribution < -0.4 is 0 Å². The van der Waals surface area contributed by atoms with E-state index in [1.807, 2.05) is 0 Å². The Morgan fingerprint density at radius 2 is 1.67 bits per heavy atom. The summed E-state index contributed by atoms with van der Waals surface area (Å²) in [6.07, 6.45) is 6.09. The van der Waals surface area contributed by atoms with E-state index in [4.69, 9.17) is 0 Å². The quantitative estimate of drug-likeness (QED) is 0.562. The number of rotatable bonds is 1. The van der Waals surface area contributed by atoms with Gasteiger partial charge in [0.25, 0.3) is 5.91 Å². The molecule has 3 heteroatoms. The average Bonchev–Trinajstić information content (AvgIpc) is 2.19. The van der Waals surface area contributed by atoms with Crippen LogP contribution in [0.25, 0.3) is 0 Å². The van der Waals surface area contributed by atoms with Gasteiger partial charge in [0.15, 0.2) is 0 Å². The van der Waals surface area contributed by atoms with Crippen molar-refractivity contribution in [1.82, 2.24) is 0 Å². The Kier molecular flexibility index (Phi) is 1.74. The Morgan fingerprint density at radius 1 is 1.17 bits per heavy atom. The molecule has 0 aromatic heterocycles. The molecule has 0 aliphatic heterocycles. The first-order valence-electron chi connectivity index (χ1n) is 4.65. The molecule has 0 aromatic carbocycles. The van der Waals surface area contributed by atoms with E-state index in [-0.39, 0.29) is 11.3 Å². The van der Waals surface area contributed by atoms with Gasteiger partial charge in [-0.05, 0) is 44.4 Å². The van der Waals surface area contributed by atoms with Gasteiger partial charge in [-0.1, -0.05) is 0 Å². The highest BCUT2D eigenvalue weighted by molar-refractivity contribution is 5.83. The summed E-state index contributed by atoms with van der Waals surface area (Å²) in [4.78, 5) is 21.5. The monoisotopic (exact) mass is 167 g/mol. The summed E-state index contributed by atoms with van der Waals surface area (Å²) in [5, 5.41) is 2.59. The molecule has 1 amide bonds. The summed E-state index contributed by atoms with van der Waals surface area (Å²) >= 11 is 0. The fourth-order valence-electron chi connectivity index (χ4n) is 2.67. The number of hydrogen-bond donors (Lipinski definition) is 0. The van der Waals surface area contributed by atoms with E-state index >= 15 is 0 Å². The molecule has 66 valence electrons. The number of fused-ring (bicyclic) bond motifs is 3. The summed E-state index contributed by atoms with van der Waals surface area (Å²) in [5.74, 6) is 0.437. The van der Waals surface area contributed by atoms with Crippen LogP contribution in [0.1, 0.15) is 38.5 Å². The number of nitrogens with zero attached hydrogens (tertiary/aromatic N) is 1. The lowest BCUT2D eigenvalue weighted by Gasteiger charge is -2.43. The van der Waals surface area contributed by atoms with E-state index in [1.165, 1.54) is 0 Å². The molecule has 0 radical (unpaired) electrons. The van der Waals surface area contributed by atoms with Gasteiger partial charge in [-0.25, -0.2) is 0 Å². The molecular weight excluding hydrogens is 154 g/mol. The van der Waals surface area contributed by atoms with Crippen molar-refractivity contribution in [3.05, 3.63) is 4.91 Å². The summed E-state index contributed by atoms with van der Waals surface area (Å²) in [7, 11) is 0. The van der Waals surface area contributed by atoms with E-state index in [2.05, 4.69) is 5.18 Å². The van der Waals surface area contributed by atoms with Gasteiger partial charge >= 0.3 is 0 Å². The van der Waals surface area contributed by atoms with Crippen molar-refractivity contribution in [3.8, 4) is 0 Å². The average molecular weight is 167 g/mol. The van der Waals surface area contributed by atoms with Crippen molar-refractivity contribution in [2.75, 3.05) is 0 Å². The molecular formula is C9H13NO2. The fourth-order valence-corrected chi connectivity index (χ4v) is 2.67. The van der Waals surface area contributed by atoms with Gasteiger partial charge in [0.1, 0.15) is 0 Å². The number of nitroso groups, excluding NO2 is 1. The Balaban J connectivity index is 2.18. The first kappa shape index (κ1) is 7.90. The molecule has 3 rings (SSSR count). The number of carbonyl (C=O) groups excluding carboxylic acids is 1. The topological polar surface area (TPSA) is 46.5 Å². The molecule has 3 fully saturated rings. The van der Waals surface area contributed by atoms with E-state index in [0.29, 0.717) is 0 Å². The van der Waals surface area contributed by atoms with E-state index in [1.54, 1.807) is 0 Å². The molecule has 3 nitrogen and oxygen atoms in total. The largest absolute Gasteiger partial charge is 0.292 e. The molecule has 0 N–H and O–H groups in total. The maximum absolute atomic E-state index is 11.3. The Bertz CT molecular complexity index is 203. The SMILES string of the molecule is O=NC(=O)C12CCC(CC1)CC2. The van der Waals surface area contributed by atoms with Crippen molar-refractivity contribution in [1.29, 1.82) is 0 Å². The Hall–Kier alpha value is -0.730. The predicted molar refractivity (Wildman–Crippen MR) is 44.4 cm³/mol. The maximum Gasteiger partial charge on any atom is 0.292 e. The molecule has 0 atom stereocenters. The minimum atomic E-state index is -0.388. The molecule has 3 aliphatic rings. The molecule has 12 heavy (non-hydrogen) atoms. The highest BCUT2D eigenvalue weighted by Gasteiger charge is 2.46. The van der Waals surface area contributed by atoms with Crippen LogP contribution in [0.2, 0.25) is 0 Å². The lowest BCUT2D eigenvalue weighted by atomic mass is 9.60. The van der Waals surface area contributed by atoms with Gasteiger partial charge in [0, 0.05) is 5.18 Å². The third-order valence-corrected chi connectivity index (χ3v) is 3.63. The van der Waals surface area contributed by atoms with Gasteiger partial charge < -0.3 is 0 Å². The second kappa shape index (κ2) is 2.64. The summed E-state index contributed by atoms with van der Waals surface area (Å²) < 4.78 is 0. The minimum Gasteiger partial charge on any atom is -0.268 e. The zero-order valence-electron chi connectivity index (χ0n) is 7.08. The van der Waals surface area contributed by atoms with Crippen molar-refractivity contribution in [2.45, 2.75) is 38.5 Å². The van der Waals surface area contributed by atoms with E-state index < -0.39 is 0 Å². The van der Waals surface area contributed by atoms with Crippen LogP contribution in [0.3, 0.4) is 0 Å². The van der Waals surface area contributed by atoms with Gasteiger partial charge in [-0.2, -0.15) is 0 Å². The second-order valence-electron chi connectivity index (χ2n) is 4.16. The minimum absolute atomic E-state index is 0.323. The van der Waals surface area contributed by atoms with E-state index in [0.717, 1.165) is 44.4 Å². The lowest BCUT2D eigenvalue weighted by molar-refractivity contribution is -0.133. The first-order chi connectivity index (χ1) is 5.77. The highest BCUT2D eigenvalue weighted by atomic mass is 16.3. The van der Waals surface area contributed by atoms with Crippen LogP contribution in [0.15, 0.2) is 5.18 Å². The van der Waals surface area contributed by atoms with Gasteiger partial charge in [-0.3, -0.25) is 4.79 Å². The molecule has 0 saturated heterocycles. The third-order valence-electron chi connectivity index (χ3n) is 3.63. The van der Waals surface area contributed by atoms with Crippen LogP contribution in [0.4, 0.5) is 0 Å². The fraction of sp³-hybridized carbons (Fsp3) is 0.889. The normalized spacial score (nSPS) is 39.5. The summed E-state index contributed by atoms with van der Waals surface area (Å²) in [6, 6.07) is 0. The van der Waals surface area contributed by atoms with Crippen molar-refractivity contribution < 1.29 is 4.79 Å². The van der Waals surface area contributed by atoms with Crippen LogP contribution in [-0.2, 0) is 4.79 Å². The molecule has 0 spiro atoms. The van der Waals surface area contributed by atoms with Crippen LogP contribution in [-0.4, -0.2) is 5.91 Å². The van der Waals surface area contributed by atoms with Gasteiger partial charge in [-0.15, -0.1) is 4.91 Å². The molecule has 3 aliphatic carbocycles. The molecule has 0 unspecified atom stereocenters. The summed E-state index contributed by atoms with van der Waals surface area (Å²) in [5.41, 5.74) is -0.323. The predicted octanol–water partition coefficient (Wildman–Crippen LogP) is 2.25. The lowest BCUT2D eigenvalue weighted by Crippen LogP contribution is -2.39. The zero-order chi connectivity index (χ0) is 8.60. The van der Waals surface area contributed by atoms with Gasteiger partial charge in [0.05, 0.1) is 5.41 Å².